The average molecular weight is 291 g/mol. The third-order valence-electron chi connectivity index (χ3n) is 3.12. The second-order valence-corrected chi connectivity index (χ2v) is 5.77. The van der Waals surface area contributed by atoms with E-state index in [1.54, 1.807) is 23.6 Å². The van der Waals surface area contributed by atoms with Gasteiger partial charge in [0.25, 0.3) is 0 Å². The summed E-state index contributed by atoms with van der Waals surface area (Å²) in [7, 11) is 0. The van der Waals surface area contributed by atoms with Gasteiger partial charge in [-0.1, -0.05) is 6.92 Å². The number of thiophene rings is 1. The van der Waals surface area contributed by atoms with Gasteiger partial charge in [-0.2, -0.15) is 0 Å². The van der Waals surface area contributed by atoms with Crippen molar-refractivity contribution in [2.45, 2.75) is 33.2 Å². The Kier molecular flexibility index (Phi) is 4.34. The van der Waals surface area contributed by atoms with Crippen LogP contribution in [0.3, 0.4) is 0 Å². The van der Waals surface area contributed by atoms with Crippen LogP contribution in [-0.2, 0) is 6.42 Å². The van der Waals surface area contributed by atoms with Crippen molar-refractivity contribution in [2.75, 3.05) is 5.32 Å². The summed E-state index contributed by atoms with van der Waals surface area (Å²) in [4.78, 5) is 17.1. The molecule has 2 rings (SSSR count). The fourth-order valence-electron chi connectivity index (χ4n) is 2.04. The maximum absolute atomic E-state index is 11.0. The highest BCUT2D eigenvalue weighted by Crippen LogP contribution is 2.31. The SMILES string of the molecule is CCc1sc(C(C)Nc2ncccc2[N+](=O)[O-])cc1C. The van der Waals surface area contributed by atoms with Crippen molar-refractivity contribution in [1.82, 2.24) is 4.98 Å². The lowest BCUT2D eigenvalue weighted by Crippen LogP contribution is -2.08. The first-order valence-corrected chi connectivity index (χ1v) is 7.29. The van der Waals surface area contributed by atoms with Crippen molar-refractivity contribution in [3.63, 3.8) is 0 Å². The van der Waals surface area contributed by atoms with Crippen LogP contribution < -0.4 is 5.32 Å². The van der Waals surface area contributed by atoms with E-state index in [0.717, 1.165) is 6.42 Å². The van der Waals surface area contributed by atoms with Crippen molar-refractivity contribution >= 4 is 22.8 Å². The van der Waals surface area contributed by atoms with Crippen LogP contribution in [0.4, 0.5) is 11.5 Å². The molecule has 0 radical (unpaired) electrons. The van der Waals surface area contributed by atoms with Gasteiger partial charge in [0.2, 0.25) is 5.82 Å². The first-order chi connectivity index (χ1) is 9.52. The molecule has 1 N–H and O–H groups in total. The standard InChI is InChI=1S/C14H17N3O2S/c1-4-12-9(2)8-13(20-12)10(3)16-14-11(17(18)19)6-5-7-15-14/h5-8,10H,4H2,1-3H3,(H,15,16). The summed E-state index contributed by atoms with van der Waals surface area (Å²) in [6.07, 6.45) is 2.56. The van der Waals surface area contributed by atoms with E-state index in [4.69, 9.17) is 0 Å². The Bertz CT molecular complexity index is 625. The second-order valence-electron chi connectivity index (χ2n) is 4.60. The Morgan fingerprint density at radius 3 is 2.90 bits per heavy atom. The number of hydrogen-bond donors (Lipinski definition) is 1. The highest BCUT2D eigenvalue weighted by molar-refractivity contribution is 7.12. The molecule has 1 unspecified atom stereocenters. The van der Waals surface area contributed by atoms with Crippen molar-refractivity contribution < 1.29 is 4.92 Å². The normalized spacial score (nSPS) is 12.2. The van der Waals surface area contributed by atoms with E-state index in [1.807, 2.05) is 6.92 Å². The van der Waals surface area contributed by atoms with Gasteiger partial charge in [0.05, 0.1) is 11.0 Å². The Morgan fingerprint density at radius 1 is 1.55 bits per heavy atom. The van der Waals surface area contributed by atoms with Gasteiger partial charge in [0, 0.05) is 22.0 Å². The Hall–Kier alpha value is -1.95. The molecule has 0 saturated carbocycles. The summed E-state index contributed by atoms with van der Waals surface area (Å²) in [5, 5.41) is 14.1. The zero-order valence-electron chi connectivity index (χ0n) is 11.7. The van der Waals surface area contributed by atoms with E-state index >= 15 is 0 Å². The number of rotatable bonds is 5. The molecule has 5 nitrogen and oxygen atoms in total. The largest absolute Gasteiger partial charge is 0.357 e. The molecule has 6 heteroatoms. The fourth-order valence-corrected chi connectivity index (χ4v) is 3.16. The average Bonchev–Trinajstić information content (AvgIpc) is 2.80. The highest BCUT2D eigenvalue weighted by atomic mass is 32.1. The molecule has 106 valence electrons. The van der Waals surface area contributed by atoms with Crippen LogP contribution in [0.1, 0.15) is 35.2 Å². The minimum Gasteiger partial charge on any atom is -0.357 e. The van der Waals surface area contributed by atoms with Crippen LogP contribution in [0.2, 0.25) is 0 Å². The summed E-state index contributed by atoms with van der Waals surface area (Å²) in [5.41, 5.74) is 1.28. The van der Waals surface area contributed by atoms with Gasteiger partial charge in [-0.3, -0.25) is 10.1 Å². The number of aromatic nitrogens is 1. The topological polar surface area (TPSA) is 68.1 Å². The van der Waals surface area contributed by atoms with Crippen molar-refractivity contribution in [2.24, 2.45) is 0 Å². The zero-order chi connectivity index (χ0) is 14.7. The van der Waals surface area contributed by atoms with E-state index in [-0.39, 0.29) is 11.7 Å². The first-order valence-electron chi connectivity index (χ1n) is 6.48. The number of nitro groups is 1. The molecule has 2 aromatic rings. The van der Waals surface area contributed by atoms with Gasteiger partial charge in [-0.25, -0.2) is 4.98 Å². The minimum atomic E-state index is -0.417. The third kappa shape index (κ3) is 2.96. The molecule has 0 aromatic carbocycles. The summed E-state index contributed by atoms with van der Waals surface area (Å²) in [5.74, 6) is 0.314. The number of aryl methyl sites for hydroxylation is 2. The number of pyridine rings is 1. The van der Waals surface area contributed by atoms with Gasteiger partial charge < -0.3 is 5.32 Å². The van der Waals surface area contributed by atoms with Gasteiger partial charge in [0.15, 0.2) is 0 Å². The monoisotopic (exact) mass is 291 g/mol. The minimum absolute atomic E-state index is 0.00310. The summed E-state index contributed by atoms with van der Waals surface area (Å²) >= 11 is 1.74. The van der Waals surface area contributed by atoms with Crippen LogP contribution in [0.5, 0.6) is 0 Å². The van der Waals surface area contributed by atoms with Crippen LogP contribution in [0, 0.1) is 17.0 Å². The number of anilines is 1. The summed E-state index contributed by atoms with van der Waals surface area (Å²) in [6.45, 7) is 6.21. The predicted octanol–water partition coefficient (Wildman–Crippen LogP) is 4.10. The van der Waals surface area contributed by atoms with E-state index < -0.39 is 4.92 Å². The lowest BCUT2D eigenvalue weighted by atomic mass is 10.2. The Morgan fingerprint density at radius 2 is 2.30 bits per heavy atom. The first kappa shape index (κ1) is 14.5. The molecular formula is C14H17N3O2S. The lowest BCUT2D eigenvalue weighted by molar-refractivity contribution is -0.384. The molecule has 0 aliphatic carbocycles. The fraction of sp³-hybridized carbons (Fsp3) is 0.357. The second kappa shape index (κ2) is 6.00. The van der Waals surface area contributed by atoms with Crippen molar-refractivity contribution in [1.29, 1.82) is 0 Å². The smallest absolute Gasteiger partial charge is 0.311 e. The lowest BCUT2D eigenvalue weighted by Gasteiger charge is -2.12. The van der Waals surface area contributed by atoms with E-state index in [1.165, 1.54) is 21.4 Å². The van der Waals surface area contributed by atoms with Crippen molar-refractivity contribution in [3.05, 3.63) is 49.8 Å². The molecule has 0 spiro atoms. The molecule has 0 saturated heterocycles. The number of nitrogens with zero attached hydrogens (tertiary/aromatic N) is 2. The third-order valence-corrected chi connectivity index (χ3v) is 4.69. The Labute approximate surface area is 121 Å². The summed E-state index contributed by atoms with van der Waals surface area (Å²) < 4.78 is 0. The highest BCUT2D eigenvalue weighted by Gasteiger charge is 2.18. The molecule has 1 atom stereocenters. The maximum Gasteiger partial charge on any atom is 0.311 e. The molecule has 0 amide bonds. The van der Waals surface area contributed by atoms with Crippen LogP contribution >= 0.6 is 11.3 Å². The summed E-state index contributed by atoms with van der Waals surface area (Å²) in [6, 6.07) is 5.15. The van der Waals surface area contributed by atoms with Gasteiger partial charge in [0.1, 0.15) is 0 Å². The maximum atomic E-state index is 11.0. The van der Waals surface area contributed by atoms with Gasteiger partial charge in [-0.15, -0.1) is 11.3 Å². The van der Waals surface area contributed by atoms with Gasteiger partial charge in [-0.05, 0) is 38.0 Å². The predicted molar refractivity (Wildman–Crippen MR) is 81.4 cm³/mol. The molecular weight excluding hydrogens is 274 g/mol. The van der Waals surface area contributed by atoms with E-state index in [0.29, 0.717) is 5.82 Å². The molecule has 20 heavy (non-hydrogen) atoms. The van der Waals surface area contributed by atoms with Crippen LogP contribution in [-0.4, -0.2) is 9.91 Å². The van der Waals surface area contributed by atoms with Gasteiger partial charge >= 0.3 is 5.69 Å². The van der Waals surface area contributed by atoms with Crippen LogP contribution in [0.15, 0.2) is 24.4 Å². The molecule has 2 heterocycles. The molecule has 0 aliphatic heterocycles. The Balaban J connectivity index is 2.23. The molecule has 0 fully saturated rings. The zero-order valence-corrected chi connectivity index (χ0v) is 12.5. The van der Waals surface area contributed by atoms with E-state index in [9.17, 15) is 10.1 Å². The number of nitrogens with one attached hydrogen (secondary N) is 1. The van der Waals surface area contributed by atoms with Crippen LogP contribution in [0.25, 0.3) is 0 Å². The molecule has 2 aromatic heterocycles. The molecule has 0 aliphatic rings. The van der Waals surface area contributed by atoms with Crippen molar-refractivity contribution in [3.8, 4) is 0 Å². The van der Waals surface area contributed by atoms with E-state index in [2.05, 4.69) is 30.2 Å². The number of hydrogen-bond acceptors (Lipinski definition) is 5. The molecule has 0 bridgehead atoms. The quantitative estimate of drug-likeness (QED) is 0.665.